The molecule has 0 saturated heterocycles. The number of nitrogens with zero attached hydrogens (tertiary/aromatic N) is 1. The molecule has 50 heavy (non-hydrogen) atoms. The molecule has 3 aromatic rings. The second-order valence-corrected chi connectivity index (χ2v) is 15.4. The van der Waals surface area contributed by atoms with Gasteiger partial charge in [0.2, 0.25) is 0 Å². The fraction of sp³-hybridized carbons (Fsp3) is 0.224. The van der Waals surface area contributed by atoms with E-state index in [0.29, 0.717) is 17.8 Å². The van der Waals surface area contributed by atoms with Crippen molar-refractivity contribution in [3.63, 3.8) is 0 Å². The van der Waals surface area contributed by atoms with Crippen LogP contribution >= 0.6 is 0 Å². The first-order valence-electron chi connectivity index (χ1n) is 18.4. The van der Waals surface area contributed by atoms with Gasteiger partial charge in [-0.25, -0.2) is 0 Å². The highest BCUT2D eigenvalue weighted by Crippen LogP contribution is 2.61. The van der Waals surface area contributed by atoms with E-state index >= 15 is 0 Å². The second-order valence-electron chi connectivity index (χ2n) is 15.4. The fourth-order valence-electron chi connectivity index (χ4n) is 9.67. The zero-order valence-corrected chi connectivity index (χ0v) is 29.3. The van der Waals surface area contributed by atoms with E-state index in [2.05, 4.69) is 159 Å². The molecule has 0 radical (unpaired) electrons. The Balaban J connectivity index is 0.992. The summed E-state index contributed by atoms with van der Waals surface area (Å²) >= 11 is 0. The largest absolute Gasteiger partial charge is 0.314 e. The molecule has 246 valence electrons. The first kappa shape index (κ1) is 30.9. The number of anilines is 2. The monoisotopic (exact) mass is 647 g/mol. The molecule has 6 aliphatic carbocycles. The fourth-order valence-corrected chi connectivity index (χ4v) is 9.67. The first-order valence-corrected chi connectivity index (χ1v) is 18.4. The van der Waals surface area contributed by atoms with Crippen molar-refractivity contribution in [1.82, 2.24) is 0 Å². The van der Waals surface area contributed by atoms with E-state index in [0.717, 1.165) is 37.3 Å². The summed E-state index contributed by atoms with van der Waals surface area (Å²) in [7, 11) is 0. The van der Waals surface area contributed by atoms with Gasteiger partial charge in [-0.2, -0.15) is 0 Å². The van der Waals surface area contributed by atoms with Gasteiger partial charge in [0.25, 0.3) is 0 Å². The third-order valence-corrected chi connectivity index (χ3v) is 12.4. The van der Waals surface area contributed by atoms with Crippen LogP contribution in [0.1, 0.15) is 63.0 Å². The molecule has 9 rings (SSSR count). The molecule has 3 unspecified atom stereocenters. The second kappa shape index (κ2) is 12.0. The van der Waals surface area contributed by atoms with E-state index in [1.807, 2.05) is 0 Å². The summed E-state index contributed by atoms with van der Waals surface area (Å²) in [6, 6.07) is 25.9. The van der Waals surface area contributed by atoms with E-state index < -0.39 is 0 Å². The summed E-state index contributed by atoms with van der Waals surface area (Å²) < 4.78 is 0. The summed E-state index contributed by atoms with van der Waals surface area (Å²) in [5.41, 5.74) is 16.6. The minimum atomic E-state index is 0.153. The van der Waals surface area contributed by atoms with Gasteiger partial charge in [0, 0.05) is 23.0 Å². The molecule has 6 aliphatic rings. The molecule has 0 N–H and O–H groups in total. The van der Waals surface area contributed by atoms with Crippen molar-refractivity contribution in [3.8, 4) is 0 Å². The number of fused-ring (bicyclic) bond motifs is 3. The summed E-state index contributed by atoms with van der Waals surface area (Å²) in [5.74, 6) is 1.44. The van der Waals surface area contributed by atoms with Gasteiger partial charge in [-0.15, -0.1) is 0 Å². The maximum absolute atomic E-state index is 4.76. The van der Waals surface area contributed by atoms with Crippen molar-refractivity contribution in [3.05, 3.63) is 195 Å². The van der Waals surface area contributed by atoms with Crippen LogP contribution < -0.4 is 15.3 Å². The number of allylic oxidation sites excluding steroid dienone is 17. The number of hydrogen-bond donors (Lipinski definition) is 0. The molecular weight excluding hydrogens is 603 g/mol. The molecule has 1 nitrogen and oxygen atoms in total. The van der Waals surface area contributed by atoms with Crippen LogP contribution in [0, 0.1) is 17.3 Å². The van der Waals surface area contributed by atoms with Crippen LogP contribution in [0.5, 0.6) is 0 Å². The van der Waals surface area contributed by atoms with E-state index in [1.54, 1.807) is 11.1 Å². The summed E-state index contributed by atoms with van der Waals surface area (Å²) in [6.07, 6.45) is 29.0. The average Bonchev–Trinajstić information content (AvgIpc) is 3.39. The summed E-state index contributed by atoms with van der Waals surface area (Å²) in [5, 5.41) is 2.44. The Kier molecular flexibility index (Phi) is 7.43. The van der Waals surface area contributed by atoms with E-state index in [9.17, 15) is 0 Å². The number of rotatable bonds is 6. The lowest BCUT2D eigenvalue weighted by atomic mass is 9.67. The van der Waals surface area contributed by atoms with Crippen molar-refractivity contribution >= 4 is 29.6 Å². The Morgan fingerprint density at radius 2 is 1.40 bits per heavy atom. The van der Waals surface area contributed by atoms with E-state index in [4.69, 9.17) is 6.58 Å². The van der Waals surface area contributed by atoms with Crippen LogP contribution in [0.25, 0.3) is 18.2 Å². The predicted molar refractivity (Wildman–Crippen MR) is 212 cm³/mol. The topological polar surface area (TPSA) is 3.24 Å². The van der Waals surface area contributed by atoms with Gasteiger partial charge in [0.1, 0.15) is 0 Å². The minimum Gasteiger partial charge on any atom is -0.314 e. The van der Waals surface area contributed by atoms with Gasteiger partial charge in [0.15, 0.2) is 0 Å². The molecular formula is C49H45N. The van der Waals surface area contributed by atoms with Gasteiger partial charge < -0.3 is 4.90 Å². The lowest BCUT2D eigenvalue weighted by Crippen LogP contribution is -2.29. The zero-order valence-electron chi connectivity index (χ0n) is 29.3. The lowest BCUT2D eigenvalue weighted by Gasteiger charge is -2.36. The van der Waals surface area contributed by atoms with Gasteiger partial charge in [0.05, 0.1) is 0 Å². The van der Waals surface area contributed by atoms with Crippen molar-refractivity contribution in [2.75, 3.05) is 4.90 Å². The van der Waals surface area contributed by atoms with Gasteiger partial charge in [-0.05, 0) is 140 Å². The Bertz CT molecular complexity index is 2250. The van der Waals surface area contributed by atoms with Gasteiger partial charge in [-0.3, -0.25) is 0 Å². The molecule has 3 aromatic carbocycles. The van der Waals surface area contributed by atoms with Crippen molar-refractivity contribution < 1.29 is 0 Å². The van der Waals surface area contributed by atoms with Crippen molar-refractivity contribution in [2.24, 2.45) is 17.3 Å². The third-order valence-electron chi connectivity index (χ3n) is 12.4. The van der Waals surface area contributed by atoms with Crippen LogP contribution in [-0.2, 0) is 0 Å². The highest BCUT2D eigenvalue weighted by Gasteiger charge is 2.50. The molecule has 1 fully saturated rings. The highest BCUT2D eigenvalue weighted by atomic mass is 15.1. The smallest absolute Gasteiger partial charge is 0.0458 e. The van der Waals surface area contributed by atoms with Crippen LogP contribution in [0.2, 0.25) is 0 Å². The van der Waals surface area contributed by atoms with Crippen molar-refractivity contribution in [2.45, 2.75) is 51.9 Å². The molecule has 3 atom stereocenters. The molecule has 0 aliphatic heterocycles. The van der Waals surface area contributed by atoms with E-state index in [-0.39, 0.29) is 5.41 Å². The Hall–Kier alpha value is -5.14. The summed E-state index contributed by atoms with van der Waals surface area (Å²) in [6.45, 7) is 14.3. The zero-order chi connectivity index (χ0) is 34.0. The van der Waals surface area contributed by atoms with Crippen LogP contribution in [0.3, 0.4) is 0 Å². The molecule has 0 heterocycles. The molecule has 1 saturated carbocycles. The lowest BCUT2D eigenvalue weighted by molar-refractivity contribution is 0.204. The van der Waals surface area contributed by atoms with Crippen molar-refractivity contribution in [1.29, 1.82) is 0 Å². The molecule has 0 bridgehead atoms. The maximum atomic E-state index is 4.76. The van der Waals surface area contributed by atoms with E-state index in [1.165, 1.54) is 61.3 Å². The molecule has 1 heteroatoms. The van der Waals surface area contributed by atoms with Gasteiger partial charge >= 0.3 is 0 Å². The quantitative estimate of drug-likeness (QED) is 0.257. The third kappa shape index (κ3) is 4.98. The summed E-state index contributed by atoms with van der Waals surface area (Å²) in [4.78, 5) is 2.41. The average molecular weight is 648 g/mol. The Morgan fingerprint density at radius 3 is 2.10 bits per heavy atom. The highest BCUT2D eigenvalue weighted by molar-refractivity contribution is 5.87. The van der Waals surface area contributed by atoms with Crippen LogP contribution in [-0.4, -0.2) is 0 Å². The number of benzene rings is 3. The molecule has 0 amide bonds. The Labute approximate surface area is 297 Å². The van der Waals surface area contributed by atoms with Gasteiger partial charge in [-0.1, -0.05) is 130 Å². The normalized spacial score (nSPS) is 24.0. The van der Waals surface area contributed by atoms with Crippen LogP contribution in [0.4, 0.5) is 11.4 Å². The molecule has 0 spiro atoms. The standard InChI is InChI=1S/C49H45N/c1-32-18-19-35-12-11-13-36-22-27-42(47(32)48(35)36)33(2)37-23-28-43-44-29-24-38(31-46(44)49(3,4)45(43)30-37)34-20-25-41(26-21-34)50(39-14-7-5-8-15-39)40-16-9-6-10-17-40/h5-20,23-25,27-29,36,45-46H,1-2,21-22,26,30-31H2,3-4H3. The van der Waals surface area contributed by atoms with Crippen LogP contribution in [0.15, 0.2) is 173 Å². The first-order chi connectivity index (χ1) is 24.4. The Morgan fingerprint density at radius 1 is 0.720 bits per heavy atom. The SMILES string of the molecule is C=C(C1=CC=C2C3=CC=C(C4=CC=C(N(c5ccccc5)c5ccccc5)CC4)CC3C(C)(C)C2C1)C1=CCC2C=CC=c3ccc(=C)c1c32. The maximum Gasteiger partial charge on any atom is 0.0458 e. The molecule has 0 aromatic heterocycles. The predicted octanol–water partition coefficient (Wildman–Crippen LogP) is 11.1. The number of para-hydroxylation sites is 2. The number of hydrogen-bond acceptors (Lipinski definition) is 1. The minimum absolute atomic E-state index is 0.153.